The molecule has 1 aromatic carbocycles. The van der Waals surface area contributed by atoms with Gasteiger partial charge in [-0.25, -0.2) is 0 Å². The lowest BCUT2D eigenvalue weighted by atomic mass is 10.3. The Morgan fingerprint density at radius 3 is 2.58 bits per heavy atom. The van der Waals surface area contributed by atoms with E-state index in [9.17, 15) is 0 Å². The predicted molar refractivity (Wildman–Crippen MR) is 88.5 cm³/mol. The summed E-state index contributed by atoms with van der Waals surface area (Å²) < 4.78 is 0. The topological polar surface area (TPSA) is 27.3 Å². The van der Waals surface area contributed by atoms with Crippen molar-refractivity contribution in [1.82, 2.24) is 10.2 Å². The predicted octanol–water partition coefficient (Wildman–Crippen LogP) is 3.62. The fourth-order valence-corrected chi connectivity index (χ4v) is 2.19. The molecule has 0 saturated carbocycles. The van der Waals surface area contributed by atoms with Crippen LogP contribution < -0.4 is 10.6 Å². The van der Waals surface area contributed by atoms with Crippen LogP contribution >= 0.6 is 35.4 Å². The van der Waals surface area contributed by atoms with E-state index in [0.717, 1.165) is 31.9 Å². The fraction of sp³-hybridized carbons (Fsp3) is 0.462. The van der Waals surface area contributed by atoms with Gasteiger partial charge < -0.3 is 15.5 Å². The van der Waals surface area contributed by atoms with Crippen LogP contribution in [0.4, 0.5) is 5.69 Å². The van der Waals surface area contributed by atoms with Gasteiger partial charge >= 0.3 is 0 Å². The van der Waals surface area contributed by atoms with Gasteiger partial charge in [0, 0.05) is 13.1 Å². The average molecular weight is 320 g/mol. The lowest BCUT2D eigenvalue weighted by Gasteiger charge is -2.19. The van der Waals surface area contributed by atoms with Crippen LogP contribution in [0.2, 0.25) is 10.0 Å². The van der Waals surface area contributed by atoms with E-state index in [1.807, 2.05) is 12.1 Å². The van der Waals surface area contributed by atoms with Gasteiger partial charge in [0.25, 0.3) is 0 Å². The van der Waals surface area contributed by atoms with E-state index in [-0.39, 0.29) is 0 Å². The van der Waals surface area contributed by atoms with Gasteiger partial charge in [-0.3, -0.25) is 0 Å². The maximum absolute atomic E-state index is 6.08. The Morgan fingerprint density at radius 2 is 1.95 bits per heavy atom. The number of thiocarbonyl (C=S) groups is 1. The number of benzene rings is 1. The molecule has 0 aliphatic heterocycles. The van der Waals surface area contributed by atoms with Crippen molar-refractivity contribution < 1.29 is 0 Å². The second kappa shape index (κ2) is 8.59. The molecule has 0 radical (unpaired) electrons. The van der Waals surface area contributed by atoms with Crippen molar-refractivity contribution in [2.45, 2.75) is 13.8 Å². The molecule has 106 valence electrons. The van der Waals surface area contributed by atoms with Crippen LogP contribution in [0.15, 0.2) is 18.2 Å². The Morgan fingerprint density at radius 1 is 1.26 bits per heavy atom. The number of anilines is 1. The smallest absolute Gasteiger partial charge is 0.170 e. The second-order valence-electron chi connectivity index (χ2n) is 4.01. The van der Waals surface area contributed by atoms with Gasteiger partial charge in [-0.1, -0.05) is 43.1 Å². The molecule has 0 amide bonds. The third kappa shape index (κ3) is 5.53. The van der Waals surface area contributed by atoms with Gasteiger partial charge in [0.15, 0.2) is 5.11 Å². The summed E-state index contributed by atoms with van der Waals surface area (Å²) in [5, 5.41) is 7.75. The van der Waals surface area contributed by atoms with Gasteiger partial charge in [-0.2, -0.15) is 0 Å². The van der Waals surface area contributed by atoms with Crippen molar-refractivity contribution in [3.8, 4) is 0 Å². The quantitative estimate of drug-likeness (QED) is 0.783. The number of halogens is 2. The van der Waals surface area contributed by atoms with E-state index in [1.165, 1.54) is 0 Å². The molecule has 0 heterocycles. The maximum atomic E-state index is 6.08. The minimum Gasteiger partial charge on any atom is -0.361 e. The van der Waals surface area contributed by atoms with E-state index >= 15 is 0 Å². The zero-order valence-corrected chi connectivity index (χ0v) is 13.5. The SMILES string of the molecule is CCN(CC)CCNC(=S)Nc1cccc(Cl)c1Cl. The molecule has 0 fully saturated rings. The molecule has 0 bridgehead atoms. The Hall–Kier alpha value is -0.550. The second-order valence-corrected chi connectivity index (χ2v) is 5.20. The largest absolute Gasteiger partial charge is 0.361 e. The highest BCUT2D eigenvalue weighted by Crippen LogP contribution is 2.29. The molecule has 0 unspecified atom stereocenters. The zero-order valence-electron chi connectivity index (χ0n) is 11.2. The normalized spacial score (nSPS) is 10.6. The van der Waals surface area contributed by atoms with Gasteiger partial charge in [0.05, 0.1) is 15.7 Å². The number of likely N-dealkylation sites (N-methyl/N-ethyl adjacent to an activating group) is 1. The number of nitrogens with one attached hydrogen (secondary N) is 2. The monoisotopic (exact) mass is 319 g/mol. The molecular formula is C13H19Cl2N3S. The summed E-state index contributed by atoms with van der Waals surface area (Å²) in [5.41, 5.74) is 0.717. The van der Waals surface area contributed by atoms with Crippen molar-refractivity contribution in [2.75, 3.05) is 31.5 Å². The van der Waals surface area contributed by atoms with Crippen molar-refractivity contribution in [3.63, 3.8) is 0 Å². The van der Waals surface area contributed by atoms with Crippen molar-refractivity contribution >= 4 is 46.2 Å². The molecule has 1 rings (SSSR count). The number of nitrogens with zero attached hydrogens (tertiary/aromatic N) is 1. The van der Waals surface area contributed by atoms with Crippen molar-refractivity contribution in [1.29, 1.82) is 0 Å². The molecule has 0 aromatic heterocycles. The molecule has 0 spiro atoms. The Kier molecular flexibility index (Phi) is 7.46. The van der Waals surface area contributed by atoms with Crippen LogP contribution in [-0.2, 0) is 0 Å². The van der Waals surface area contributed by atoms with Crippen LogP contribution in [0, 0.1) is 0 Å². The molecular weight excluding hydrogens is 301 g/mol. The summed E-state index contributed by atoms with van der Waals surface area (Å²) in [6.07, 6.45) is 0. The van der Waals surface area contributed by atoms with Gasteiger partial charge in [0.2, 0.25) is 0 Å². The first-order valence-corrected chi connectivity index (χ1v) is 7.46. The van der Waals surface area contributed by atoms with Crippen LogP contribution in [0.5, 0.6) is 0 Å². The Labute approximate surface area is 130 Å². The van der Waals surface area contributed by atoms with Gasteiger partial charge in [-0.15, -0.1) is 0 Å². The van der Waals surface area contributed by atoms with Crippen LogP contribution in [0.1, 0.15) is 13.8 Å². The number of hydrogen-bond donors (Lipinski definition) is 2. The van der Waals surface area contributed by atoms with E-state index in [4.69, 9.17) is 35.4 Å². The van der Waals surface area contributed by atoms with Gasteiger partial charge in [-0.05, 0) is 37.4 Å². The molecule has 0 aliphatic rings. The average Bonchev–Trinajstić information content (AvgIpc) is 2.40. The first-order chi connectivity index (χ1) is 9.08. The fourth-order valence-electron chi connectivity index (χ4n) is 1.63. The zero-order chi connectivity index (χ0) is 14.3. The third-order valence-electron chi connectivity index (χ3n) is 2.81. The molecule has 0 saturated heterocycles. The highest BCUT2D eigenvalue weighted by Gasteiger charge is 2.06. The Balaban J connectivity index is 2.41. The summed E-state index contributed by atoms with van der Waals surface area (Å²) in [6, 6.07) is 5.41. The van der Waals surface area contributed by atoms with E-state index in [2.05, 4.69) is 29.4 Å². The summed E-state index contributed by atoms with van der Waals surface area (Å²) >= 11 is 17.2. The standard InChI is InChI=1S/C13H19Cl2N3S/c1-3-18(4-2)9-8-16-13(19)17-11-7-5-6-10(14)12(11)15/h5-7H,3-4,8-9H2,1-2H3,(H2,16,17,19). The molecule has 0 aliphatic carbocycles. The summed E-state index contributed by atoms with van der Waals surface area (Å²) in [6.45, 7) is 8.12. The van der Waals surface area contributed by atoms with Crippen molar-refractivity contribution in [2.24, 2.45) is 0 Å². The molecule has 1 aromatic rings. The minimum absolute atomic E-state index is 0.483. The molecule has 3 nitrogen and oxygen atoms in total. The highest BCUT2D eigenvalue weighted by atomic mass is 35.5. The minimum atomic E-state index is 0.483. The van der Waals surface area contributed by atoms with E-state index in [0.29, 0.717) is 15.2 Å². The van der Waals surface area contributed by atoms with Gasteiger partial charge in [0.1, 0.15) is 0 Å². The van der Waals surface area contributed by atoms with Crippen LogP contribution in [-0.4, -0.2) is 36.2 Å². The van der Waals surface area contributed by atoms with E-state index < -0.39 is 0 Å². The summed E-state index contributed by atoms with van der Waals surface area (Å²) in [4.78, 5) is 2.32. The maximum Gasteiger partial charge on any atom is 0.170 e. The highest BCUT2D eigenvalue weighted by molar-refractivity contribution is 7.80. The summed E-state index contributed by atoms with van der Waals surface area (Å²) in [5.74, 6) is 0. The molecule has 6 heteroatoms. The first-order valence-electron chi connectivity index (χ1n) is 6.29. The Bertz CT molecular complexity index is 422. The third-order valence-corrected chi connectivity index (χ3v) is 3.87. The molecule has 2 N–H and O–H groups in total. The van der Waals surface area contributed by atoms with Crippen molar-refractivity contribution in [3.05, 3.63) is 28.2 Å². The van der Waals surface area contributed by atoms with Crippen LogP contribution in [0.25, 0.3) is 0 Å². The number of rotatable bonds is 6. The number of hydrogen-bond acceptors (Lipinski definition) is 2. The van der Waals surface area contributed by atoms with E-state index in [1.54, 1.807) is 6.07 Å². The molecule has 19 heavy (non-hydrogen) atoms. The lowest BCUT2D eigenvalue weighted by Crippen LogP contribution is -2.36. The lowest BCUT2D eigenvalue weighted by molar-refractivity contribution is 0.308. The summed E-state index contributed by atoms with van der Waals surface area (Å²) in [7, 11) is 0. The van der Waals surface area contributed by atoms with Crippen LogP contribution in [0.3, 0.4) is 0 Å². The first kappa shape index (κ1) is 16.5. The molecule has 0 atom stereocenters.